The van der Waals surface area contributed by atoms with E-state index >= 15 is 0 Å². The molecule has 0 saturated carbocycles. The van der Waals surface area contributed by atoms with Crippen molar-refractivity contribution in [3.8, 4) is 0 Å². The molecule has 1 unspecified atom stereocenters. The molecule has 1 aliphatic carbocycles. The van der Waals surface area contributed by atoms with Gasteiger partial charge < -0.3 is 0 Å². The lowest BCUT2D eigenvalue weighted by molar-refractivity contribution is -0.114. The smallest absolute Gasteiger partial charge is 0.278 e. The monoisotopic (exact) mass is 276 g/mol. The summed E-state index contributed by atoms with van der Waals surface area (Å²) >= 11 is 0. The SMILES string of the molecule is O=C1N=C2C=CCCC2C1=C=Nc1ccc2cn[nH]c2c1. The van der Waals surface area contributed by atoms with Crippen molar-refractivity contribution in [3.63, 3.8) is 0 Å². The van der Waals surface area contributed by atoms with E-state index in [0.29, 0.717) is 5.57 Å². The number of carbonyl (C=O) groups excluding carboxylic acids is 1. The third-order valence-electron chi connectivity index (χ3n) is 3.81. The first kappa shape index (κ1) is 12.0. The molecular formula is C16H12N4O. The average molecular weight is 276 g/mol. The van der Waals surface area contributed by atoms with Crippen LogP contribution in [0.25, 0.3) is 10.9 Å². The Balaban J connectivity index is 1.73. The Hall–Kier alpha value is -2.78. The number of H-pyrrole nitrogens is 1. The highest BCUT2D eigenvalue weighted by molar-refractivity contribution is 6.22. The van der Waals surface area contributed by atoms with Gasteiger partial charge in [-0.1, -0.05) is 6.08 Å². The number of fused-ring (bicyclic) bond motifs is 2. The highest BCUT2D eigenvalue weighted by Gasteiger charge is 2.32. The molecule has 2 heterocycles. The molecule has 2 aliphatic rings. The molecular weight excluding hydrogens is 264 g/mol. The van der Waals surface area contributed by atoms with Crippen LogP contribution in [-0.4, -0.2) is 27.7 Å². The van der Waals surface area contributed by atoms with Crippen LogP contribution in [0.4, 0.5) is 5.69 Å². The van der Waals surface area contributed by atoms with E-state index in [9.17, 15) is 4.79 Å². The fraction of sp³-hybridized carbons (Fsp3) is 0.188. The van der Waals surface area contributed by atoms with E-state index in [4.69, 9.17) is 0 Å². The summed E-state index contributed by atoms with van der Waals surface area (Å²) in [5.74, 6) is 2.76. The minimum atomic E-state index is -0.215. The number of aliphatic imine (C=N–C) groups is 2. The van der Waals surface area contributed by atoms with Gasteiger partial charge in [0.2, 0.25) is 0 Å². The third-order valence-corrected chi connectivity index (χ3v) is 3.81. The van der Waals surface area contributed by atoms with Crippen LogP contribution in [0.15, 0.2) is 52.1 Å². The maximum atomic E-state index is 11.9. The summed E-state index contributed by atoms with van der Waals surface area (Å²) in [6.45, 7) is 0. The van der Waals surface area contributed by atoms with Gasteiger partial charge in [0, 0.05) is 11.3 Å². The first-order chi connectivity index (χ1) is 10.3. The summed E-state index contributed by atoms with van der Waals surface area (Å²) in [6.07, 6.45) is 7.60. The van der Waals surface area contributed by atoms with E-state index in [1.807, 2.05) is 24.3 Å². The molecule has 1 aromatic carbocycles. The molecule has 0 bridgehead atoms. The van der Waals surface area contributed by atoms with E-state index in [-0.39, 0.29) is 11.8 Å². The number of aromatic amines is 1. The highest BCUT2D eigenvalue weighted by atomic mass is 16.1. The normalized spacial score (nSPS) is 20.4. The molecule has 0 radical (unpaired) electrons. The zero-order chi connectivity index (χ0) is 14.2. The number of hydrogen-bond donors (Lipinski definition) is 1. The van der Waals surface area contributed by atoms with Crippen LogP contribution < -0.4 is 0 Å². The van der Waals surface area contributed by atoms with Crippen LogP contribution in [0.2, 0.25) is 0 Å². The zero-order valence-corrected chi connectivity index (χ0v) is 11.2. The minimum absolute atomic E-state index is 0.0575. The predicted octanol–water partition coefficient (Wildman–Crippen LogP) is 2.74. The van der Waals surface area contributed by atoms with Crippen molar-refractivity contribution in [2.75, 3.05) is 0 Å². The van der Waals surface area contributed by atoms with E-state index in [1.165, 1.54) is 0 Å². The zero-order valence-electron chi connectivity index (χ0n) is 11.2. The Labute approximate surface area is 120 Å². The first-order valence-electron chi connectivity index (χ1n) is 6.87. The minimum Gasteiger partial charge on any atom is -0.278 e. The quantitative estimate of drug-likeness (QED) is 0.642. The molecule has 5 nitrogen and oxygen atoms in total. The molecule has 2 aromatic rings. The maximum Gasteiger partial charge on any atom is 0.283 e. The molecule has 1 atom stereocenters. The van der Waals surface area contributed by atoms with E-state index in [2.05, 4.69) is 32.1 Å². The Morgan fingerprint density at radius 1 is 1.38 bits per heavy atom. The summed E-state index contributed by atoms with van der Waals surface area (Å²) < 4.78 is 0. The molecule has 21 heavy (non-hydrogen) atoms. The van der Waals surface area contributed by atoms with Crippen LogP contribution in [0, 0.1) is 5.92 Å². The molecule has 0 spiro atoms. The number of benzene rings is 1. The van der Waals surface area contributed by atoms with Crippen LogP contribution in [0.3, 0.4) is 0 Å². The molecule has 1 aliphatic heterocycles. The summed E-state index contributed by atoms with van der Waals surface area (Å²) in [6, 6.07) is 5.71. The van der Waals surface area contributed by atoms with Gasteiger partial charge >= 0.3 is 0 Å². The van der Waals surface area contributed by atoms with Crippen molar-refractivity contribution in [1.29, 1.82) is 0 Å². The molecule has 0 fully saturated rings. The van der Waals surface area contributed by atoms with Gasteiger partial charge in [0.15, 0.2) is 0 Å². The molecule has 0 saturated heterocycles. The van der Waals surface area contributed by atoms with Gasteiger partial charge in [0.05, 0.1) is 28.7 Å². The standard InChI is InChI=1S/C16H12N4O/c21-16-13(12-3-1-2-4-14(12)19-16)9-17-11-6-5-10-8-18-20-15(10)7-11/h2,4-8,12H,1,3H2,(H,18,20). The number of nitrogens with zero attached hydrogens (tertiary/aromatic N) is 3. The predicted molar refractivity (Wildman–Crippen MR) is 81.0 cm³/mol. The fourth-order valence-corrected chi connectivity index (χ4v) is 2.71. The Bertz CT molecular complexity index is 865. The van der Waals surface area contributed by atoms with Crippen molar-refractivity contribution in [3.05, 3.63) is 42.1 Å². The number of amides is 1. The number of carbonyl (C=O) groups is 1. The van der Waals surface area contributed by atoms with E-state index < -0.39 is 0 Å². The largest absolute Gasteiger partial charge is 0.283 e. The second-order valence-corrected chi connectivity index (χ2v) is 5.15. The Morgan fingerprint density at radius 3 is 3.29 bits per heavy atom. The van der Waals surface area contributed by atoms with Crippen molar-refractivity contribution in [2.45, 2.75) is 12.8 Å². The average Bonchev–Trinajstić information content (AvgIpc) is 3.08. The lowest BCUT2D eigenvalue weighted by Gasteiger charge is -2.12. The second kappa shape index (κ2) is 4.65. The van der Waals surface area contributed by atoms with Gasteiger partial charge in [-0.05, 0) is 43.0 Å². The van der Waals surface area contributed by atoms with Gasteiger partial charge in [-0.25, -0.2) is 9.98 Å². The van der Waals surface area contributed by atoms with Gasteiger partial charge in [0.25, 0.3) is 5.91 Å². The number of nitrogens with one attached hydrogen (secondary N) is 1. The van der Waals surface area contributed by atoms with Crippen molar-refractivity contribution in [2.24, 2.45) is 15.9 Å². The van der Waals surface area contributed by atoms with E-state index in [0.717, 1.165) is 35.1 Å². The lowest BCUT2D eigenvalue weighted by Crippen LogP contribution is -2.13. The summed E-state index contributed by atoms with van der Waals surface area (Å²) in [5.41, 5.74) is 3.07. The number of aromatic nitrogens is 2. The molecule has 102 valence electrons. The van der Waals surface area contributed by atoms with Crippen LogP contribution >= 0.6 is 0 Å². The summed E-state index contributed by atoms with van der Waals surface area (Å²) in [7, 11) is 0. The number of hydrogen-bond acceptors (Lipinski definition) is 3. The number of allylic oxidation sites excluding steroid dienone is 2. The molecule has 1 aromatic heterocycles. The molecule has 1 N–H and O–H groups in total. The third kappa shape index (κ3) is 2.04. The summed E-state index contributed by atoms with van der Waals surface area (Å²) in [4.78, 5) is 20.3. The maximum absolute atomic E-state index is 11.9. The van der Waals surface area contributed by atoms with Crippen molar-refractivity contribution in [1.82, 2.24) is 10.2 Å². The highest BCUT2D eigenvalue weighted by Crippen LogP contribution is 2.29. The lowest BCUT2D eigenvalue weighted by atomic mass is 9.89. The molecule has 4 rings (SSSR count). The second-order valence-electron chi connectivity index (χ2n) is 5.15. The summed E-state index contributed by atoms with van der Waals surface area (Å²) in [5, 5.41) is 7.90. The Kier molecular flexibility index (Phi) is 2.66. The number of rotatable bonds is 1. The Morgan fingerprint density at radius 2 is 2.33 bits per heavy atom. The van der Waals surface area contributed by atoms with Crippen LogP contribution in [-0.2, 0) is 4.79 Å². The van der Waals surface area contributed by atoms with E-state index in [1.54, 1.807) is 6.20 Å². The van der Waals surface area contributed by atoms with Gasteiger partial charge in [0.1, 0.15) is 0 Å². The van der Waals surface area contributed by atoms with Gasteiger partial charge in [-0.15, -0.1) is 0 Å². The van der Waals surface area contributed by atoms with Gasteiger partial charge in [-0.2, -0.15) is 5.10 Å². The van der Waals surface area contributed by atoms with Crippen molar-refractivity contribution < 1.29 is 4.79 Å². The van der Waals surface area contributed by atoms with Crippen LogP contribution in [0.1, 0.15) is 12.8 Å². The van der Waals surface area contributed by atoms with Gasteiger partial charge in [-0.3, -0.25) is 9.89 Å². The first-order valence-corrected chi connectivity index (χ1v) is 6.87. The molecule has 5 heteroatoms. The topological polar surface area (TPSA) is 70.5 Å². The molecule has 1 amide bonds. The van der Waals surface area contributed by atoms with Crippen LogP contribution in [0.5, 0.6) is 0 Å². The van der Waals surface area contributed by atoms with Crippen molar-refractivity contribution >= 4 is 34.1 Å². The fourth-order valence-electron chi connectivity index (χ4n) is 2.71.